The van der Waals surface area contributed by atoms with Gasteiger partial charge >= 0.3 is 12.0 Å². The summed E-state index contributed by atoms with van der Waals surface area (Å²) < 4.78 is 4.65. The maximum Gasteiger partial charge on any atom is 0.321 e. The van der Waals surface area contributed by atoms with E-state index in [1.54, 1.807) is 13.0 Å². The topological polar surface area (TPSA) is 122 Å². The quantitative estimate of drug-likeness (QED) is 0.672. The summed E-state index contributed by atoms with van der Waals surface area (Å²) in [6.07, 6.45) is -0.0721. The lowest BCUT2D eigenvalue weighted by Gasteiger charge is -1.82. The fourth-order valence-corrected chi connectivity index (χ4v) is 1.03. The van der Waals surface area contributed by atoms with Crippen LogP contribution in [-0.2, 0) is 16.0 Å². The van der Waals surface area contributed by atoms with Gasteiger partial charge in [0.25, 0.3) is 0 Å². The predicted molar refractivity (Wildman–Crippen MR) is 65.5 cm³/mol. The summed E-state index contributed by atoms with van der Waals surface area (Å²) in [5.74, 6) is -0.519. The first-order chi connectivity index (χ1) is 8.97. The number of imide groups is 1. The Morgan fingerprint density at radius 3 is 2.37 bits per heavy atom. The van der Waals surface area contributed by atoms with Crippen molar-refractivity contribution < 1.29 is 24.0 Å². The number of carbonyl (C=O) groups excluding carboxylic acids is 2. The Labute approximate surface area is 110 Å². The van der Waals surface area contributed by atoms with Crippen LogP contribution in [-0.4, -0.2) is 34.7 Å². The molecule has 3 amide bonds. The highest BCUT2D eigenvalue weighted by atomic mass is 16.5. The fraction of sp³-hybridized carbons (Fsp3) is 0.455. The van der Waals surface area contributed by atoms with E-state index in [2.05, 4.69) is 15.0 Å². The molecule has 0 saturated carbocycles. The number of carbonyl (C=O) groups is 3. The average Bonchev–Trinajstić information content (AvgIpc) is 2.91. The molecular formula is C11H17N3O5. The Morgan fingerprint density at radius 1 is 1.47 bits per heavy atom. The molecule has 0 aliphatic carbocycles. The summed E-state index contributed by atoms with van der Waals surface area (Å²) in [7, 11) is 0. The molecule has 19 heavy (non-hydrogen) atoms. The van der Waals surface area contributed by atoms with E-state index in [1.165, 1.54) is 0 Å². The second-order valence-corrected chi connectivity index (χ2v) is 3.23. The van der Waals surface area contributed by atoms with Crippen LogP contribution in [0.1, 0.15) is 25.3 Å². The maximum atomic E-state index is 10.1. The first-order valence-electron chi connectivity index (χ1n) is 5.69. The number of hydrogen-bond acceptors (Lipinski definition) is 5. The molecule has 1 aromatic heterocycles. The van der Waals surface area contributed by atoms with Crippen molar-refractivity contribution >= 4 is 17.9 Å². The van der Waals surface area contributed by atoms with Gasteiger partial charge in [-0.25, -0.2) is 4.79 Å². The van der Waals surface area contributed by atoms with Gasteiger partial charge in [0.15, 0.2) is 0 Å². The third-order valence-corrected chi connectivity index (χ3v) is 1.67. The van der Waals surface area contributed by atoms with Gasteiger partial charge in [0.1, 0.15) is 5.76 Å². The monoisotopic (exact) mass is 271 g/mol. The molecule has 0 radical (unpaired) electrons. The highest BCUT2D eigenvalue weighted by Crippen LogP contribution is 2.01. The van der Waals surface area contributed by atoms with Crippen molar-refractivity contribution in [2.45, 2.75) is 27.2 Å². The lowest BCUT2D eigenvalue weighted by atomic mass is 10.3. The van der Waals surface area contributed by atoms with Gasteiger partial charge in [0.2, 0.25) is 5.91 Å². The van der Waals surface area contributed by atoms with Crippen LogP contribution in [0.15, 0.2) is 10.6 Å². The second kappa shape index (κ2) is 8.67. The Bertz CT molecular complexity index is 427. The minimum absolute atomic E-state index is 0.0721. The highest BCUT2D eigenvalue weighted by molar-refractivity contribution is 6.01. The van der Waals surface area contributed by atoms with Crippen LogP contribution < -0.4 is 10.6 Å². The number of amides is 3. The van der Waals surface area contributed by atoms with Crippen LogP contribution in [0.5, 0.6) is 0 Å². The van der Waals surface area contributed by atoms with Gasteiger partial charge in [-0.15, -0.1) is 0 Å². The summed E-state index contributed by atoms with van der Waals surface area (Å²) >= 11 is 0. The molecule has 3 N–H and O–H groups in total. The molecule has 1 fully saturated rings. The Balaban J connectivity index is 0.000000316. The fourth-order valence-electron chi connectivity index (χ4n) is 1.03. The lowest BCUT2D eigenvalue weighted by Crippen LogP contribution is -2.22. The van der Waals surface area contributed by atoms with Gasteiger partial charge < -0.3 is 14.9 Å². The number of hydrogen-bond donors (Lipinski definition) is 3. The summed E-state index contributed by atoms with van der Waals surface area (Å²) in [6, 6.07) is 1.21. The van der Waals surface area contributed by atoms with E-state index >= 15 is 0 Å². The van der Waals surface area contributed by atoms with Crippen LogP contribution in [0.3, 0.4) is 0 Å². The molecule has 0 unspecified atom stereocenters. The largest absolute Gasteiger partial charge is 0.481 e. The van der Waals surface area contributed by atoms with Gasteiger partial charge in [0.05, 0.1) is 18.7 Å². The number of aryl methyl sites for hydroxylation is 1. The molecule has 1 aromatic rings. The van der Waals surface area contributed by atoms with Crippen molar-refractivity contribution in [3.8, 4) is 0 Å². The zero-order valence-electron chi connectivity index (χ0n) is 11.0. The first-order valence-corrected chi connectivity index (χ1v) is 5.69. The van der Waals surface area contributed by atoms with Crippen LogP contribution in [0.2, 0.25) is 0 Å². The first kappa shape index (κ1) is 16.6. The second-order valence-electron chi connectivity index (χ2n) is 3.23. The standard InChI is InChI=1S/C6H7NO3.C3H4N2O2.C2H6/c1-4-2-5(7-10-4)3-6(8)9;6-2-1-4-3(7)5-2;1-2/h2H,3H2,1H3,(H,8,9);1H2,(H2,4,5,6,7);1-2H3. The summed E-state index contributed by atoms with van der Waals surface area (Å²) in [6.45, 7) is 5.84. The van der Waals surface area contributed by atoms with Crippen LogP contribution in [0.4, 0.5) is 4.79 Å². The van der Waals surface area contributed by atoms with Crippen molar-refractivity contribution in [3.05, 3.63) is 17.5 Å². The van der Waals surface area contributed by atoms with Crippen LogP contribution in [0.25, 0.3) is 0 Å². The van der Waals surface area contributed by atoms with Crippen molar-refractivity contribution in [1.29, 1.82) is 0 Å². The Hall–Kier alpha value is -2.38. The number of carboxylic acid groups (broad SMARTS) is 1. The van der Waals surface area contributed by atoms with Crippen molar-refractivity contribution in [1.82, 2.24) is 15.8 Å². The molecule has 2 heterocycles. The zero-order valence-corrected chi connectivity index (χ0v) is 11.0. The normalized spacial score (nSPS) is 12.4. The molecule has 1 aliphatic rings. The Morgan fingerprint density at radius 2 is 2.11 bits per heavy atom. The Kier molecular flexibility index (Phi) is 7.59. The van der Waals surface area contributed by atoms with Gasteiger partial charge in [-0.2, -0.15) is 0 Å². The van der Waals surface area contributed by atoms with Gasteiger partial charge in [0, 0.05) is 6.07 Å². The third kappa shape index (κ3) is 7.53. The molecule has 0 spiro atoms. The van der Waals surface area contributed by atoms with E-state index in [4.69, 9.17) is 5.11 Å². The van der Waals surface area contributed by atoms with Crippen molar-refractivity contribution in [3.63, 3.8) is 0 Å². The molecule has 0 atom stereocenters. The van der Waals surface area contributed by atoms with E-state index < -0.39 is 12.0 Å². The number of nitrogens with one attached hydrogen (secondary N) is 2. The minimum atomic E-state index is -0.895. The minimum Gasteiger partial charge on any atom is -0.481 e. The zero-order chi connectivity index (χ0) is 14.8. The maximum absolute atomic E-state index is 10.1. The summed E-state index contributed by atoms with van der Waals surface area (Å²) in [5.41, 5.74) is 0.463. The third-order valence-electron chi connectivity index (χ3n) is 1.67. The van der Waals surface area contributed by atoms with Crippen LogP contribution >= 0.6 is 0 Å². The van der Waals surface area contributed by atoms with Gasteiger partial charge in [-0.1, -0.05) is 19.0 Å². The molecular weight excluding hydrogens is 254 g/mol. The smallest absolute Gasteiger partial charge is 0.321 e. The molecule has 106 valence electrons. The number of rotatable bonds is 2. The van der Waals surface area contributed by atoms with Gasteiger partial charge in [-0.3, -0.25) is 14.9 Å². The molecule has 2 rings (SSSR count). The van der Waals surface area contributed by atoms with E-state index in [-0.39, 0.29) is 18.9 Å². The number of carboxylic acids is 1. The van der Waals surface area contributed by atoms with Gasteiger partial charge in [-0.05, 0) is 6.92 Å². The van der Waals surface area contributed by atoms with E-state index in [0.717, 1.165) is 0 Å². The molecule has 8 nitrogen and oxygen atoms in total. The average molecular weight is 271 g/mol. The summed E-state index contributed by atoms with van der Waals surface area (Å²) in [5, 5.41) is 16.1. The molecule has 8 heteroatoms. The van der Waals surface area contributed by atoms with Crippen molar-refractivity contribution in [2.24, 2.45) is 0 Å². The number of nitrogens with zero attached hydrogens (tertiary/aromatic N) is 1. The summed E-state index contributed by atoms with van der Waals surface area (Å²) in [4.78, 5) is 30.2. The van der Waals surface area contributed by atoms with E-state index in [1.807, 2.05) is 19.2 Å². The van der Waals surface area contributed by atoms with E-state index in [9.17, 15) is 14.4 Å². The SMILES string of the molecule is CC.Cc1cc(CC(=O)O)no1.O=C1CNC(=O)N1. The molecule has 1 aliphatic heterocycles. The molecule has 0 bridgehead atoms. The van der Waals surface area contributed by atoms with Crippen molar-refractivity contribution in [2.75, 3.05) is 6.54 Å². The molecule has 0 aromatic carbocycles. The number of aliphatic carboxylic acids is 1. The van der Waals surface area contributed by atoms with Crippen LogP contribution in [0, 0.1) is 6.92 Å². The lowest BCUT2D eigenvalue weighted by molar-refractivity contribution is -0.136. The van der Waals surface area contributed by atoms with E-state index in [0.29, 0.717) is 11.5 Å². The highest BCUT2D eigenvalue weighted by Gasteiger charge is 2.14. The molecule has 1 saturated heterocycles. The number of aromatic nitrogens is 1. The predicted octanol–water partition coefficient (Wildman–Crippen LogP) is 0.462. The number of urea groups is 1.